The monoisotopic (exact) mass is 441 g/mol. The molecule has 3 aliphatic rings. The van der Waals surface area contributed by atoms with Gasteiger partial charge in [-0.2, -0.15) is 0 Å². The highest BCUT2D eigenvalue weighted by molar-refractivity contribution is 7.91. The van der Waals surface area contributed by atoms with Crippen molar-refractivity contribution in [1.82, 2.24) is 14.9 Å². The fourth-order valence-electron chi connectivity index (χ4n) is 3.70. The summed E-state index contributed by atoms with van der Waals surface area (Å²) in [7, 11) is -3.83. The van der Waals surface area contributed by atoms with E-state index in [1.54, 1.807) is 27.7 Å². The van der Waals surface area contributed by atoms with Crippen LogP contribution in [0.1, 0.15) is 59.8 Å². The number of hydrogen-bond donors (Lipinski definition) is 2. The van der Waals surface area contributed by atoms with Gasteiger partial charge in [0, 0.05) is 12.5 Å². The first-order chi connectivity index (χ1) is 13.7. The third kappa shape index (κ3) is 4.19. The molecule has 0 aromatic carbocycles. The Morgan fingerprint density at radius 3 is 2.37 bits per heavy atom. The first kappa shape index (κ1) is 22.6. The van der Waals surface area contributed by atoms with Crippen LogP contribution >= 0.6 is 0 Å². The molecule has 3 rings (SSSR count). The lowest BCUT2D eigenvalue weighted by Crippen LogP contribution is -2.57. The van der Waals surface area contributed by atoms with Crippen molar-refractivity contribution >= 4 is 27.9 Å². The fourth-order valence-corrected chi connectivity index (χ4v) is 5.01. The Balaban J connectivity index is 1.72. The minimum atomic E-state index is -3.83. The second-order valence-electron chi connectivity index (χ2n) is 9.72. The zero-order valence-corrected chi connectivity index (χ0v) is 18.8. The van der Waals surface area contributed by atoms with Crippen LogP contribution in [0.25, 0.3) is 0 Å². The summed E-state index contributed by atoms with van der Waals surface area (Å²) in [6.07, 6.45) is 3.27. The average Bonchev–Trinajstić information content (AvgIpc) is 3.47. The van der Waals surface area contributed by atoms with E-state index in [0.717, 1.165) is 0 Å². The molecule has 0 aromatic heterocycles. The smallest absolute Gasteiger partial charge is 0.410 e. The molecule has 3 amide bonds. The molecule has 1 heterocycles. The molecule has 1 saturated heterocycles. The van der Waals surface area contributed by atoms with Crippen LogP contribution in [-0.2, 0) is 24.3 Å². The molecule has 0 spiro atoms. The molecule has 30 heavy (non-hydrogen) atoms. The molecular weight excluding hydrogens is 410 g/mol. The van der Waals surface area contributed by atoms with Crippen LogP contribution < -0.4 is 10.0 Å². The van der Waals surface area contributed by atoms with Gasteiger partial charge in [-0.1, -0.05) is 6.08 Å². The van der Waals surface area contributed by atoms with Crippen molar-refractivity contribution in [2.45, 2.75) is 81.7 Å². The van der Waals surface area contributed by atoms with E-state index in [9.17, 15) is 22.8 Å². The van der Waals surface area contributed by atoms with Gasteiger partial charge in [0.1, 0.15) is 17.2 Å². The summed E-state index contributed by atoms with van der Waals surface area (Å²) in [6, 6.07) is -0.770. The molecule has 2 N–H and O–H groups in total. The standard InChI is InChI=1S/C20H31N3O6S/c1-6-13-12-20(13,16(25)22-30(27,28)19(5)9-10-19)21-15(24)14-8-7-11-23(14)17(26)29-18(2,3)4/h6,13-14H,1,7-12H2,2-5H3,(H,21,24)(H,22,25)/t13-,14+,20-/m1/s1. The van der Waals surface area contributed by atoms with E-state index < -0.39 is 49.9 Å². The van der Waals surface area contributed by atoms with Crippen LogP contribution in [0.4, 0.5) is 4.79 Å². The van der Waals surface area contributed by atoms with Crippen molar-refractivity contribution in [3.05, 3.63) is 12.7 Å². The summed E-state index contributed by atoms with van der Waals surface area (Å²) in [4.78, 5) is 39.7. The van der Waals surface area contributed by atoms with Crippen molar-refractivity contribution < 1.29 is 27.5 Å². The molecule has 0 radical (unpaired) electrons. The van der Waals surface area contributed by atoms with Crippen LogP contribution in [-0.4, -0.2) is 59.7 Å². The topological polar surface area (TPSA) is 122 Å². The Morgan fingerprint density at radius 1 is 1.23 bits per heavy atom. The molecule has 2 aliphatic carbocycles. The SMILES string of the molecule is C=C[C@@H]1C[C@]1(NC(=O)[C@@H]1CCCN1C(=O)OC(C)(C)C)C(=O)NS(=O)(=O)C1(C)CC1. The lowest BCUT2D eigenvalue weighted by molar-refractivity contribution is -0.131. The number of amides is 3. The number of carbonyl (C=O) groups excluding carboxylic acids is 3. The molecule has 3 atom stereocenters. The molecular formula is C20H31N3O6S. The molecule has 0 bridgehead atoms. The van der Waals surface area contributed by atoms with Gasteiger partial charge in [-0.25, -0.2) is 13.2 Å². The van der Waals surface area contributed by atoms with E-state index in [1.807, 2.05) is 0 Å². The van der Waals surface area contributed by atoms with Crippen molar-refractivity contribution in [2.24, 2.45) is 5.92 Å². The van der Waals surface area contributed by atoms with Gasteiger partial charge in [-0.15, -0.1) is 6.58 Å². The Bertz CT molecular complexity index is 873. The Kier molecular flexibility index (Phi) is 5.46. The molecule has 3 fully saturated rings. The van der Waals surface area contributed by atoms with Gasteiger partial charge >= 0.3 is 6.09 Å². The summed E-state index contributed by atoms with van der Waals surface area (Å²) < 4.78 is 31.5. The van der Waals surface area contributed by atoms with E-state index in [0.29, 0.717) is 32.2 Å². The Labute approximate surface area is 177 Å². The highest BCUT2D eigenvalue weighted by atomic mass is 32.2. The van der Waals surface area contributed by atoms with Crippen LogP contribution in [0.2, 0.25) is 0 Å². The van der Waals surface area contributed by atoms with Gasteiger partial charge in [0.05, 0.1) is 4.75 Å². The number of rotatable bonds is 6. The zero-order chi connectivity index (χ0) is 22.5. The van der Waals surface area contributed by atoms with Crippen LogP contribution in [0.15, 0.2) is 12.7 Å². The second-order valence-corrected chi connectivity index (χ2v) is 11.9. The predicted molar refractivity (Wildman–Crippen MR) is 110 cm³/mol. The first-order valence-corrected chi connectivity index (χ1v) is 11.7. The van der Waals surface area contributed by atoms with Gasteiger partial charge in [-0.05, 0) is 59.8 Å². The third-order valence-electron chi connectivity index (χ3n) is 6.06. The van der Waals surface area contributed by atoms with Gasteiger partial charge in [-0.3, -0.25) is 19.2 Å². The zero-order valence-electron chi connectivity index (χ0n) is 18.0. The van der Waals surface area contributed by atoms with E-state index >= 15 is 0 Å². The molecule has 9 nitrogen and oxygen atoms in total. The van der Waals surface area contributed by atoms with Gasteiger partial charge in [0.15, 0.2) is 0 Å². The number of likely N-dealkylation sites (tertiary alicyclic amines) is 1. The number of sulfonamides is 1. The maximum atomic E-state index is 13.0. The molecule has 1 aliphatic heterocycles. The summed E-state index contributed by atoms with van der Waals surface area (Å²) >= 11 is 0. The minimum Gasteiger partial charge on any atom is -0.444 e. The molecule has 0 aromatic rings. The minimum absolute atomic E-state index is 0.263. The van der Waals surface area contributed by atoms with E-state index in [1.165, 1.54) is 11.0 Å². The lowest BCUT2D eigenvalue weighted by atomic mass is 10.1. The van der Waals surface area contributed by atoms with E-state index in [-0.39, 0.29) is 12.3 Å². The lowest BCUT2D eigenvalue weighted by Gasteiger charge is -2.29. The molecule has 0 unspecified atom stereocenters. The maximum Gasteiger partial charge on any atom is 0.410 e. The van der Waals surface area contributed by atoms with Gasteiger partial charge in [0.2, 0.25) is 15.9 Å². The van der Waals surface area contributed by atoms with E-state index in [2.05, 4.69) is 16.6 Å². The number of carbonyl (C=O) groups is 3. The average molecular weight is 442 g/mol. The van der Waals surface area contributed by atoms with Crippen molar-refractivity contribution in [3.8, 4) is 0 Å². The highest BCUT2D eigenvalue weighted by Crippen LogP contribution is 2.47. The quantitative estimate of drug-likeness (QED) is 0.602. The number of hydrogen-bond acceptors (Lipinski definition) is 6. The second kappa shape index (κ2) is 7.25. The van der Waals surface area contributed by atoms with Gasteiger partial charge in [0.25, 0.3) is 5.91 Å². The van der Waals surface area contributed by atoms with Crippen LogP contribution in [0.5, 0.6) is 0 Å². The van der Waals surface area contributed by atoms with Crippen molar-refractivity contribution in [2.75, 3.05) is 6.54 Å². The summed E-state index contributed by atoms with van der Waals surface area (Å²) in [5, 5.41) is 2.72. The van der Waals surface area contributed by atoms with Gasteiger partial charge < -0.3 is 10.1 Å². The molecule has 2 saturated carbocycles. The normalized spacial score (nSPS) is 29.7. The Hall–Kier alpha value is -2.10. The maximum absolute atomic E-state index is 13.0. The summed E-state index contributed by atoms with van der Waals surface area (Å²) in [5.41, 5.74) is -2.06. The number of nitrogens with zero attached hydrogens (tertiary/aromatic N) is 1. The fraction of sp³-hybridized carbons (Fsp3) is 0.750. The van der Waals surface area contributed by atoms with Crippen molar-refractivity contribution in [1.29, 1.82) is 0 Å². The number of ether oxygens (including phenoxy) is 1. The molecule has 168 valence electrons. The van der Waals surface area contributed by atoms with Crippen LogP contribution in [0, 0.1) is 5.92 Å². The predicted octanol–water partition coefficient (Wildman–Crippen LogP) is 1.45. The third-order valence-corrected chi connectivity index (χ3v) is 8.22. The largest absolute Gasteiger partial charge is 0.444 e. The summed E-state index contributed by atoms with van der Waals surface area (Å²) in [5.74, 6) is -1.62. The first-order valence-electron chi connectivity index (χ1n) is 10.3. The number of nitrogens with one attached hydrogen (secondary N) is 2. The Morgan fingerprint density at radius 2 is 1.87 bits per heavy atom. The molecule has 10 heteroatoms. The summed E-state index contributed by atoms with van der Waals surface area (Å²) in [6.45, 7) is 10.9. The van der Waals surface area contributed by atoms with Crippen molar-refractivity contribution in [3.63, 3.8) is 0 Å². The van der Waals surface area contributed by atoms with Crippen LogP contribution in [0.3, 0.4) is 0 Å². The highest BCUT2D eigenvalue weighted by Gasteiger charge is 2.62. The van der Waals surface area contributed by atoms with E-state index in [4.69, 9.17) is 4.74 Å².